The van der Waals surface area contributed by atoms with Gasteiger partial charge in [-0.05, 0) is 12.3 Å². The summed E-state index contributed by atoms with van der Waals surface area (Å²) in [6, 6.07) is 0. The summed E-state index contributed by atoms with van der Waals surface area (Å²) in [7, 11) is 1.74. The van der Waals surface area contributed by atoms with E-state index in [2.05, 4.69) is 6.92 Å². The lowest BCUT2D eigenvalue weighted by Crippen LogP contribution is -2.31. The van der Waals surface area contributed by atoms with Gasteiger partial charge in [-0.15, -0.1) is 0 Å². The Hall–Kier alpha value is -0.570. The van der Waals surface area contributed by atoms with Crippen LogP contribution < -0.4 is 0 Å². The van der Waals surface area contributed by atoms with Crippen molar-refractivity contribution in [1.29, 1.82) is 0 Å². The molecule has 1 fully saturated rings. The number of hydrogen-bond donors (Lipinski definition) is 1. The Labute approximate surface area is 67.0 Å². The zero-order valence-electron chi connectivity index (χ0n) is 7.08. The Morgan fingerprint density at radius 3 is 2.64 bits per heavy atom. The van der Waals surface area contributed by atoms with Gasteiger partial charge in [-0.25, -0.2) is 0 Å². The SMILES string of the molecule is CC1CC1C(=O)N(C)CCO. The molecule has 0 aromatic rings. The lowest BCUT2D eigenvalue weighted by Gasteiger charge is -2.14. The van der Waals surface area contributed by atoms with E-state index in [0.717, 1.165) is 6.42 Å². The molecule has 0 saturated heterocycles. The molecule has 0 aromatic heterocycles. The number of hydrogen-bond acceptors (Lipinski definition) is 2. The first kappa shape index (κ1) is 8.53. The van der Waals surface area contributed by atoms with Crippen LogP contribution in [0.15, 0.2) is 0 Å². The Balaban J connectivity index is 2.29. The van der Waals surface area contributed by atoms with E-state index in [-0.39, 0.29) is 18.4 Å². The van der Waals surface area contributed by atoms with E-state index in [9.17, 15) is 4.79 Å². The molecule has 1 amide bonds. The maximum Gasteiger partial charge on any atom is 0.225 e. The molecule has 3 heteroatoms. The van der Waals surface area contributed by atoms with Gasteiger partial charge in [0.1, 0.15) is 0 Å². The number of aliphatic hydroxyl groups is 1. The third-order valence-electron chi connectivity index (χ3n) is 2.24. The summed E-state index contributed by atoms with van der Waals surface area (Å²) in [4.78, 5) is 12.9. The second-order valence-electron chi connectivity index (χ2n) is 3.30. The van der Waals surface area contributed by atoms with Gasteiger partial charge in [0.15, 0.2) is 0 Å². The van der Waals surface area contributed by atoms with Gasteiger partial charge < -0.3 is 10.0 Å². The van der Waals surface area contributed by atoms with Gasteiger partial charge in [0.25, 0.3) is 0 Å². The van der Waals surface area contributed by atoms with Crippen LogP contribution >= 0.6 is 0 Å². The zero-order valence-corrected chi connectivity index (χ0v) is 7.08. The predicted octanol–water partition coefficient (Wildman–Crippen LogP) is 0.0931. The highest BCUT2D eigenvalue weighted by Crippen LogP contribution is 2.38. The molecule has 0 radical (unpaired) electrons. The van der Waals surface area contributed by atoms with Gasteiger partial charge in [-0.1, -0.05) is 6.92 Å². The van der Waals surface area contributed by atoms with E-state index in [4.69, 9.17) is 5.11 Å². The first-order chi connectivity index (χ1) is 5.16. The molecule has 2 atom stereocenters. The van der Waals surface area contributed by atoms with E-state index >= 15 is 0 Å². The molecular weight excluding hydrogens is 142 g/mol. The number of likely N-dealkylation sites (N-methyl/N-ethyl adjacent to an activating group) is 1. The molecule has 2 unspecified atom stereocenters. The number of aliphatic hydroxyl groups excluding tert-OH is 1. The van der Waals surface area contributed by atoms with Crippen LogP contribution in [0.2, 0.25) is 0 Å². The van der Waals surface area contributed by atoms with Crippen LogP contribution in [0.3, 0.4) is 0 Å². The minimum atomic E-state index is 0.0589. The molecule has 1 saturated carbocycles. The van der Waals surface area contributed by atoms with Crippen molar-refractivity contribution in [3.05, 3.63) is 0 Å². The van der Waals surface area contributed by atoms with Gasteiger partial charge in [-0.2, -0.15) is 0 Å². The maximum absolute atomic E-state index is 11.3. The molecule has 0 bridgehead atoms. The minimum absolute atomic E-state index is 0.0589. The molecule has 0 spiro atoms. The van der Waals surface area contributed by atoms with Gasteiger partial charge in [0, 0.05) is 19.5 Å². The van der Waals surface area contributed by atoms with Gasteiger partial charge in [-0.3, -0.25) is 4.79 Å². The minimum Gasteiger partial charge on any atom is -0.395 e. The molecule has 64 valence electrons. The zero-order chi connectivity index (χ0) is 8.43. The third-order valence-corrected chi connectivity index (χ3v) is 2.24. The highest BCUT2D eigenvalue weighted by molar-refractivity contribution is 5.81. The maximum atomic E-state index is 11.3. The summed E-state index contributed by atoms with van der Waals surface area (Å²) in [5.41, 5.74) is 0. The second kappa shape index (κ2) is 3.22. The summed E-state index contributed by atoms with van der Waals surface area (Å²) in [6.45, 7) is 2.60. The van der Waals surface area contributed by atoms with Crippen molar-refractivity contribution < 1.29 is 9.90 Å². The Bertz CT molecular complexity index is 158. The van der Waals surface area contributed by atoms with Gasteiger partial charge in [0.05, 0.1) is 6.61 Å². The molecule has 0 aromatic carbocycles. The van der Waals surface area contributed by atoms with Crippen molar-refractivity contribution in [2.75, 3.05) is 20.2 Å². The van der Waals surface area contributed by atoms with Crippen LogP contribution in [-0.4, -0.2) is 36.1 Å². The summed E-state index contributed by atoms with van der Waals surface area (Å²) < 4.78 is 0. The quantitative estimate of drug-likeness (QED) is 0.631. The van der Waals surface area contributed by atoms with Crippen molar-refractivity contribution in [3.8, 4) is 0 Å². The molecule has 11 heavy (non-hydrogen) atoms. The average Bonchev–Trinajstić information content (AvgIpc) is 2.66. The van der Waals surface area contributed by atoms with Crippen LogP contribution in [0.1, 0.15) is 13.3 Å². The summed E-state index contributed by atoms with van der Waals surface area (Å²) in [5.74, 6) is 0.988. The molecule has 0 aliphatic heterocycles. The van der Waals surface area contributed by atoms with E-state index in [1.807, 2.05) is 0 Å². The number of nitrogens with zero attached hydrogens (tertiary/aromatic N) is 1. The number of rotatable bonds is 3. The molecule has 1 N–H and O–H groups in total. The normalized spacial score (nSPS) is 28.3. The van der Waals surface area contributed by atoms with Crippen molar-refractivity contribution in [1.82, 2.24) is 4.90 Å². The fraction of sp³-hybridized carbons (Fsp3) is 0.875. The topological polar surface area (TPSA) is 40.5 Å². The standard InChI is InChI=1S/C8H15NO2/c1-6-5-7(6)8(11)9(2)3-4-10/h6-7,10H,3-5H2,1-2H3. The van der Waals surface area contributed by atoms with Crippen LogP contribution in [-0.2, 0) is 4.79 Å². The fourth-order valence-electron chi connectivity index (χ4n) is 1.21. The van der Waals surface area contributed by atoms with Gasteiger partial charge in [0.2, 0.25) is 5.91 Å². The van der Waals surface area contributed by atoms with E-state index < -0.39 is 0 Å². The number of amides is 1. The molecule has 3 nitrogen and oxygen atoms in total. The van der Waals surface area contributed by atoms with E-state index in [0.29, 0.717) is 12.5 Å². The molecule has 1 aliphatic rings. The van der Waals surface area contributed by atoms with Crippen LogP contribution in [0.25, 0.3) is 0 Å². The first-order valence-electron chi connectivity index (χ1n) is 4.02. The van der Waals surface area contributed by atoms with E-state index in [1.165, 1.54) is 0 Å². The number of carbonyl (C=O) groups excluding carboxylic acids is 1. The van der Waals surface area contributed by atoms with Crippen molar-refractivity contribution in [3.63, 3.8) is 0 Å². The lowest BCUT2D eigenvalue weighted by molar-refractivity contribution is -0.131. The van der Waals surface area contributed by atoms with Crippen LogP contribution in [0.4, 0.5) is 0 Å². The lowest BCUT2D eigenvalue weighted by atomic mass is 10.3. The second-order valence-corrected chi connectivity index (χ2v) is 3.30. The largest absolute Gasteiger partial charge is 0.395 e. The van der Waals surface area contributed by atoms with Crippen LogP contribution in [0.5, 0.6) is 0 Å². The highest BCUT2D eigenvalue weighted by atomic mass is 16.3. The van der Waals surface area contributed by atoms with Crippen molar-refractivity contribution in [2.24, 2.45) is 11.8 Å². The molecule has 0 heterocycles. The van der Waals surface area contributed by atoms with Crippen molar-refractivity contribution >= 4 is 5.91 Å². The monoisotopic (exact) mass is 157 g/mol. The molecule has 1 aliphatic carbocycles. The fourth-order valence-corrected chi connectivity index (χ4v) is 1.21. The molecular formula is C8H15NO2. The predicted molar refractivity (Wildman–Crippen MR) is 42.0 cm³/mol. The molecule has 1 rings (SSSR count). The summed E-state index contributed by atoms with van der Waals surface area (Å²) >= 11 is 0. The number of carbonyl (C=O) groups is 1. The van der Waals surface area contributed by atoms with Crippen molar-refractivity contribution in [2.45, 2.75) is 13.3 Å². The van der Waals surface area contributed by atoms with E-state index in [1.54, 1.807) is 11.9 Å². The Kier molecular flexibility index (Phi) is 2.49. The average molecular weight is 157 g/mol. The smallest absolute Gasteiger partial charge is 0.225 e. The Morgan fingerprint density at radius 2 is 2.27 bits per heavy atom. The summed E-state index contributed by atoms with van der Waals surface area (Å²) in [5, 5.41) is 8.56. The van der Waals surface area contributed by atoms with Crippen LogP contribution in [0, 0.1) is 11.8 Å². The Morgan fingerprint density at radius 1 is 1.73 bits per heavy atom. The third kappa shape index (κ3) is 1.93. The first-order valence-corrected chi connectivity index (χ1v) is 4.02. The highest BCUT2D eigenvalue weighted by Gasteiger charge is 2.40. The van der Waals surface area contributed by atoms with Gasteiger partial charge >= 0.3 is 0 Å². The summed E-state index contributed by atoms with van der Waals surface area (Å²) in [6.07, 6.45) is 1.02.